The standard InChI is InChI=1S/C17H29BN4O3/c1-16(2)17(3,4)25-18(24-16)13-10-19-15(20-11-13)21-12-14-6-5-7-22(14)8-9-23/h10-11,14,23H,5-9,12H2,1-4H3,(H,19,20,21). The summed E-state index contributed by atoms with van der Waals surface area (Å²) in [6.45, 7) is 10.9. The summed E-state index contributed by atoms with van der Waals surface area (Å²) in [4.78, 5) is 11.1. The number of likely N-dealkylation sites (tertiary alicyclic amines) is 1. The second kappa shape index (κ2) is 7.19. The first kappa shape index (κ1) is 18.6. The number of nitrogens with one attached hydrogen (secondary N) is 1. The smallest absolute Gasteiger partial charge is 0.399 e. The number of aliphatic hydroxyl groups is 1. The zero-order valence-corrected chi connectivity index (χ0v) is 15.7. The van der Waals surface area contributed by atoms with E-state index in [1.807, 2.05) is 27.7 Å². The van der Waals surface area contributed by atoms with Crippen molar-refractivity contribution in [3.8, 4) is 0 Å². The Morgan fingerprint density at radius 1 is 1.24 bits per heavy atom. The minimum absolute atomic E-state index is 0.204. The third-order valence-corrected chi connectivity index (χ3v) is 5.58. The average Bonchev–Trinajstić information content (AvgIpc) is 3.08. The molecule has 3 heterocycles. The first-order valence-electron chi connectivity index (χ1n) is 9.09. The van der Waals surface area contributed by atoms with Crippen molar-refractivity contribution in [2.24, 2.45) is 0 Å². The van der Waals surface area contributed by atoms with E-state index in [9.17, 15) is 0 Å². The number of aliphatic hydroxyl groups excluding tert-OH is 1. The second-order valence-electron chi connectivity index (χ2n) is 7.86. The molecule has 0 spiro atoms. The van der Waals surface area contributed by atoms with E-state index in [-0.39, 0.29) is 17.8 Å². The van der Waals surface area contributed by atoms with E-state index in [1.165, 1.54) is 6.42 Å². The average molecular weight is 348 g/mol. The summed E-state index contributed by atoms with van der Waals surface area (Å²) in [7, 11) is -0.436. The molecule has 1 atom stereocenters. The Labute approximate surface area is 150 Å². The Balaban J connectivity index is 1.56. The molecule has 138 valence electrons. The lowest BCUT2D eigenvalue weighted by Gasteiger charge is -2.32. The van der Waals surface area contributed by atoms with E-state index in [2.05, 4.69) is 20.2 Å². The molecule has 0 amide bonds. The molecule has 2 aliphatic heterocycles. The van der Waals surface area contributed by atoms with Gasteiger partial charge in [-0.3, -0.25) is 4.90 Å². The van der Waals surface area contributed by atoms with Gasteiger partial charge < -0.3 is 19.7 Å². The molecule has 0 bridgehead atoms. The summed E-state index contributed by atoms with van der Waals surface area (Å²) < 4.78 is 12.0. The zero-order valence-electron chi connectivity index (χ0n) is 15.7. The fourth-order valence-corrected chi connectivity index (χ4v) is 3.29. The van der Waals surface area contributed by atoms with Crippen molar-refractivity contribution < 1.29 is 14.4 Å². The zero-order chi connectivity index (χ0) is 18.1. The molecule has 2 fully saturated rings. The van der Waals surface area contributed by atoms with Crippen molar-refractivity contribution in [2.75, 3.05) is 31.6 Å². The summed E-state index contributed by atoms with van der Waals surface area (Å²) in [5.41, 5.74) is 0.0902. The van der Waals surface area contributed by atoms with Crippen molar-refractivity contribution in [1.82, 2.24) is 14.9 Å². The molecule has 3 rings (SSSR count). The predicted octanol–water partition coefficient (Wildman–Crippen LogP) is 0.644. The number of rotatable bonds is 6. The highest BCUT2D eigenvalue weighted by molar-refractivity contribution is 6.61. The summed E-state index contributed by atoms with van der Waals surface area (Å²) in [5, 5.41) is 12.4. The number of nitrogens with zero attached hydrogens (tertiary/aromatic N) is 3. The molecule has 0 saturated carbocycles. The van der Waals surface area contributed by atoms with Crippen LogP contribution in [0.1, 0.15) is 40.5 Å². The van der Waals surface area contributed by atoms with Gasteiger partial charge in [0.05, 0.1) is 17.8 Å². The van der Waals surface area contributed by atoms with Gasteiger partial charge in [-0.05, 0) is 47.1 Å². The molecular formula is C17H29BN4O3. The van der Waals surface area contributed by atoms with Crippen LogP contribution in [0.25, 0.3) is 0 Å². The monoisotopic (exact) mass is 348 g/mol. The van der Waals surface area contributed by atoms with Gasteiger partial charge in [0.2, 0.25) is 5.95 Å². The fourth-order valence-electron chi connectivity index (χ4n) is 3.29. The van der Waals surface area contributed by atoms with Gasteiger partial charge in [-0.1, -0.05) is 0 Å². The van der Waals surface area contributed by atoms with Crippen LogP contribution in [-0.4, -0.2) is 70.6 Å². The second-order valence-corrected chi connectivity index (χ2v) is 7.86. The Kier molecular flexibility index (Phi) is 5.34. The largest absolute Gasteiger partial charge is 0.498 e. The fraction of sp³-hybridized carbons (Fsp3) is 0.765. The molecule has 1 aromatic heterocycles. The number of hydrogen-bond donors (Lipinski definition) is 2. The van der Waals surface area contributed by atoms with Crippen LogP contribution in [0.2, 0.25) is 0 Å². The van der Waals surface area contributed by atoms with Crippen molar-refractivity contribution in [3.63, 3.8) is 0 Å². The minimum Gasteiger partial charge on any atom is -0.399 e. The molecule has 8 heteroatoms. The number of β-amino-alcohol motifs (C(OH)–C–C–N with tert-alkyl or cyclic N) is 1. The van der Waals surface area contributed by atoms with Crippen molar-refractivity contribution in [3.05, 3.63) is 12.4 Å². The van der Waals surface area contributed by atoms with Gasteiger partial charge in [0.25, 0.3) is 0 Å². The van der Waals surface area contributed by atoms with Crippen LogP contribution in [0.3, 0.4) is 0 Å². The Morgan fingerprint density at radius 2 is 1.88 bits per heavy atom. The maximum absolute atomic E-state index is 9.13. The van der Waals surface area contributed by atoms with Gasteiger partial charge in [0, 0.05) is 37.0 Å². The molecule has 2 N–H and O–H groups in total. The molecule has 0 aliphatic carbocycles. The van der Waals surface area contributed by atoms with E-state index in [0.717, 1.165) is 31.5 Å². The van der Waals surface area contributed by atoms with E-state index < -0.39 is 7.12 Å². The summed E-state index contributed by atoms with van der Waals surface area (Å²) in [5.74, 6) is 0.608. The predicted molar refractivity (Wildman–Crippen MR) is 97.9 cm³/mol. The molecule has 2 saturated heterocycles. The molecule has 1 aromatic rings. The number of anilines is 1. The lowest BCUT2D eigenvalue weighted by atomic mass is 9.81. The maximum atomic E-state index is 9.13. The summed E-state index contributed by atoms with van der Waals surface area (Å²) in [6.07, 6.45) is 5.84. The maximum Gasteiger partial charge on any atom is 0.498 e. The van der Waals surface area contributed by atoms with E-state index >= 15 is 0 Å². The van der Waals surface area contributed by atoms with Crippen LogP contribution in [0.15, 0.2) is 12.4 Å². The highest BCUT2D eigenvalue weighted by atomic mass is 16.7. The lowest BCUT2D eigenvalue weighted by molar-refractivity contribution is 0.00578. The van der Waals surface area contributed by atoms with Gasteiger partial charge in [-0.2, -0.15) is 0 Å². The third-order valence-electron chi connectivity index (χ3n) is 5.58. The van der Waals surface area contributed by atoms with Crippen LogP contribution in [0.4, 0.5) is 5.95 Å². The SMILES string of the molecule is CC1(C)OB(c2cnc(NCC3CCCN3CCO)nc2)OC1(C)C. The molecule has 0 radical (unpaired) electrons. The molecule has 7 nitrogen and oxygen atoms in total. The van der Waals surface area contributed by atoms with Crippen molar-refractivity contribution >= 4 is 18.5 Å². The van der Waals surface area contributed by atoms with Crippen LogP contribution in [0, 0.1) is 0 Å². The molecule has 2 aliphatic rings. The van der Waals surface area contributed by atoms with Gasteiger partial charge in [-0.15, -0.1) is 0 Å². The molecule has 1 unspecified atom stereocenters. The third kappa shape index (κ3) is 3.97. The molecular weight excluding hydrogens is 319 g/mol. The van der Waals surface area contributed by atoms with Crippen LogP contribution in [0.5, 0.6) is 0 Å². The molecule has 25 heavy (non-hydrogen) atoms. The van der Waals surface area contributed by atoms with Gasteiger partial charge in [-0.25, -0.2) is 9.97 Å². The summed E-state index contributed by atoms with van der Waals surface area (Å²) >= 11 is 0. The Morgan fingerprint density at radius 3 is 2.48 bits per heavy atom. The van der Waals surface area contributed by atoms with E-state index in [0.29, 0.717) is 12.0 Å². The molecule has 0 aromatic carbocycles. The topological polar surface area (TPSA) is 79.7 Å². The quantitative estimate of drug-likeness (QED) is 0.731. The highest BCUT2D eigenvalue weighted by Crippen LogP contribution is 2.36. The van der Waals surface area contributed by atoms with E-state index in [4.69, 9.17) is 14.4 Å². The normalized spacial score (nSPS) is 25.5. The lowest BCUT2D eigenvalue weighted by Crippen LogP contribution is -2.41. The number of aromatic nitrogens is 2. The van der Waals surface area contributed by atoms with Gasteiger partial charge >= 0.3 is 7.12 Å². The first-order valence-corrected chi connectivity index (χ1v) is 9.09. The summed E-state index contributed by atoms with van der Waals surface area (Å²) in [6, 6.07) is 0.429. The van der Waals surface area contributed by atoms with Crippen LogP contribution < -0.4 is 10.8 Å². The first-order chi connectivity index (χ1) is 11.8. The van der Waals surface area contributed by atoms with E-state index in [1.54, 1.807) is 12.4 Å². The van der Waals surface area contributed by atoms with Crippen LogP contribution in [-0.2, 0) is 9.31 Å². The van der Waals surface area contributed by atoms with Crippen molar-refractivity contribution in [2.45, 2.75) is 57.8 Å². The Bertz CT molecular complexity index is 566. The van der Waals surface area contributed by atoms with Gasteiger partial charge in [0.15, 0.2) is 0 Å². The number of hydrogen-bond acceptors (Lipinski definition) is 7. The highest BCUT2D eigenvalue weighted by Gasteiger charge is 2.51. The Hall–Kier alpha value is -1.22. The van der Waals surface area contributed by atoms with Crippen molar-refractivity contribution in [1.29, 1.82) is 0 Å². The van der Waals surface area contributed by atoms with Gasteiger partial charge in [0.1, 0.15) is 0 Å². The minimum atomic E-state index is -0.436. The van der Waals surface area contributed by atoms with Crippen LogP contribution >= 0.6 is 0 Å².